The predicted molar refractivity (Wildman–Crippen MR) is 90.6 cm³/mol. The predicted octanol–water partition coefficient (Wildman–Crippen LogP) is 3.34. The van der Waals surface area contributed by atoms with Crippen molar-refractivity contribution in [2.75, 3.05) is 19.0 Å². The molecule has 0 bridgehead atoms. The van der Waals surface area contributed by atoms with Gasteiger partial charge in [0.1, 0.15) is 5.65 Å². The molecule has 0 aromatic carbocycles. The van der Waals surface area contributed by atoms with Gasteiger partial charge in [-0.05, 0) is 6.92 Å². The SMILES string of the molecule is CCn1cc(Cl)c2cnc(Nc3cn(CCOC)nc3Cl)nc21. The number of anilines is 2. The van der Waals surface area contributed by atoms with Crippen LogP contribution in [0, 0.1) is 0 Å². The summed E-state index contributed by atoms with van der Waals surface area (Å²) in [4.78, 5) is 8.79. The zero-order valence-corrected chi connectivity index (χ0v) is 14.3. The topological polar surface area (TPSA) is 69.8 Å². The second-order valence-corrected chi connectivity index (χ2v) is 5.67. The lowest BCUT2D eigenvalue weighted by Crippen LogP contribution is -2.04. The van der Waals surface area contributed by atoms with Gasteiger partial charge < -0.3 is 14.6 Å². The van der Waals surface area contributed by atoms with Gasteiger partial charge in [0.05, 0.1) is 35.4 Å². The van der Waals surface area contributed by atoms with E-state index in [-0.39, 0.29) is 0 Å². The first-order valence-electron chi connectivity index (χ1n) is 7.12. The summed E-state index contributed by atoms with van der Waals surface area (Å²) in [6.45, 7) is 3.98. The van der Waals surface area contributed by atoms with Crippen LogP contribution in [0.3, 0.4) is 0 Å². The number of methoxy groups -OCH3 is 1. The highest BCUT2D eigenvalue weighted by Gasteiger charge is 2.12. The van der Waals surface area contributed by atoms with Crippen LogP contribution in [0.15, 0.2) is 18.6 Å². The first-order chi connectivity index (χ1) is 11.1. The van der Waals surface area contributed by atoms with Crippen LogP contribution in [0.25, 0.3) is 11.0 Å². The maximum atomic E-state index is 6.18. The molecule has 23 heavy (non-hydrogen) atoms. The Bertz CT molecular complexity index is 828. The normalized spacial score (nSPS) is 11.3. The number of ether oxygens (including phenoxy) is 1. The standard InChI is InChI=1S/C14H16Cl2N6O/c1-3-21-7-10(15)9-6-17-14(19-13(9)21)18-11-8-22(4-5-23-2)20-12(11)16/h6-8H,3-5H2,1-2H3,(H,17,18,19). The van der Waals surface area contributed by atoms with E-state index in [1.54, 1.807) is 24.2 Å². The fourth-order valence-electron chi connectivity index (χ4n) is 2.23. The van der Waals surface area contributed by atoms with Crippen molar-refractivity contribution in [1.82, 2.24) is 24.3 Å². The highest BCUT2D eigenvalue weighted by Crippen LogP contribution is 2.27. The number of nitrogens with zero attached hydrogens (tertiary/aromatic N) is 5. The van der Waals surface area contributed by atoms with E-state index in [1.165, 1.54) is 0 Å². The lowest BCUT2D eigenvalue weighted by Gasteiger charge is -2.04. The third-order valence-electron chi connectivity index (χ3n) is 3.40. The summed E-state index contributed by atoms with van der Waals surface area (Å²) in [5, 5.41) is 9.10. The molecular formula is C14H16Cl2N6O. The van der Waals surface area contributed by atoms with Crippen LogP contribution < -0.4 is 5.32 Å². The van der Waals surface area contributed by atoms with E-state index in [2.05, 4.69) is 20.4 Å². The Morgan fingerprint density at radius 1 is 1.30 bits per heavy atom. The van der Waals surface area contributed by atoms with Crippen molar-refractivity contribution in [3.63, 3.8) is 0 Å². The highest BCUT2D eigenvalue weighted by molar-refractivity contribution is 6.35. The minimum Gasteiger partial charge on any atom is -0.383 e. The van der Waals surface area contributed by atoms with Gasteiger partial charge in [0.15, 0.2) is 5.15 Å². The number of nitrogens with one attached hydrogen (secondary N) is 1. The fourth-order valence-corrected chi connectivity index (χ4v) is 2.67. The Kier molecular flexibility index (Phi) is 4.70. The average Bonchev–Trinajstić information content (AvgIpc) is 3.05. The Labute approximate surface area is 143 Å². The molecule has 1 N–H and O–H groups in total. The zero-order valence-electron chi connectivity index (χ0n) is 12.8. The van der Waals surface area contributed by atoms with E-state index in [9.17, 15) is 0 Å². The molecule has 0 spiro atoms. The Morgan fingerprint density at radius 3 is 2.87 bits per heavy atom. The summed E-state index contributed by atoms with van der Waals surface area (Å²) < 4.78 is 8.70. The van der Waals surface area contributed by atoms with Gasteiger partial charge in [0, 0.05) is 26.0 Å². The van der Waals surface area contributed by atoms with Gasteiger partial charge in [-0.2, -0.15) is 10.1 Å². The van der Waals surface area contributed by atoms with Crippen molar-refractivity contribution < 1.29 is 4.74 Å². The molecule has 3 heterocycles. The molecule has 0 saturated carbocycles. The van der Waals surface area contributed by atoms with Crippen LogP contribution in [-0.2, 0) is 17.8 Å². The van der Waals surface area contributed by atoms with Gasteiger partial charge in [0.25, 0.3) is 0 Å². The zero-order chi connectivity index (χ0) is 16.4. The molecule has 9 heteroatoms. The van der Waals surface area contributed by atoms with Crippen LogP contribution in [-0.4, -0.2) is 38.0 Å². The first-order valence-corrected chi connectivity index (χ1v) is 7.88. The smallest absolute Gasteiger partial charge is 0.229 e. The molecule has 0 atom stereocenters. The van der Waals surface area contributed by atoms with E-state index in [1.807, 2.05) is 17.7 Å². The van der Waals surface area contributed by atoms with E-state index in [0.29, 0.717) is 35.0 Å². The van der Waals surface area contributed by atoms with Gasteiger partial charge in [0.2, 0.25) is 5.95 Å². The summed E-state index contributed by atoms with van der Waals surface area (Å²) in [5.41, 5.74) is 1.42. The van der Waals surface area contributed by atoms with Crippen LogP contribution in [0.1, 0.15) is 6.92 Å². The number of halogens is 2. The Balaban J connectivity index is 1.88. The van der Waals surface area contributed by atoms with E-state index >= 15 is 0 Å². The maximum Gasteiger partial charge on any atom is 0.229 e. The molecule has 0 fully saturated rings. The minimum atomic E-state index is 0.355. The molecule has 3 rings (SSSR count). The molecule has 3 aromatic heterocycles. The average molecular weight is 355 g/mol. The highest BCUT2D eigenvalue weighted by atomic mass is 35.5. The van der Waals surface area contributed by atoms with Crippen molar-refractivity contribution in [3.8, 4) is 0 Å². The number of aryl methyl sites for hydroxylation is 1. The minimum absolute atomic E-state index is 0.355. The van der Waals surface area contributed by atoms with Crippen molar-refractivity contribution in [2.24, 2.45) is 0 Å². The van der Waals surface area contributed by atoms with Gasteiger partial charge in [-0.25, -0.2) is 4.98 Å². The van der Waals surface area contributed by atoms with Crippen molar-refractivity contribution in [1.29, 1.82) is 0 Å². The number of fused-ring (bicyclic) bond motifs is 1. The summed E-state index contributed by atoms with van der Waals surface area (Å²) in [5.74, 6) is 0.440. The number of aromatic nitrogens is 5. The van der Waals surface area contributed by atoms with Crippen LogP contribution in [0.4, 0.5) is 11.6 Å². The number of hydrogen-bond donors (Lipinski definition) is 1. The number of hydrogen-bond acceptors (Lipinski definition) is 5. The molecule has 0 radical (unpaired) electrons. The summed E-state index contributed by atoms with van der Waals surface area (Å²) in [6.07, 6.45) is 5.34. The largest absolute Gasteiger partial charge is 0.383 e. The summed E-state index contributed by atoms with van der Waals surface area (Å²) in [6, 6.07) is 0. The van der Waals surface area contributed by atoms with Crippen molar-refractivity contribution in [3.05, 3.63) is 28.8 Å². The van der Waals surface area contributed by atoms with E-state index in [4.69, 9.17) is 27.9 Å². The third kappa shape index (κ3) is 3.26. The molecule has 0 aliphatic carbocycles. The lowest BCUT2D eigenvalue weighted by atomic mass is 10.4. The molecule has 3 aromatic rings. The molecule has 0 aliphatic rings. The fraction of sp³-hybridized carbons (Fsp3) is 0.357. The summed E-state index contributed by atoms with van der Waals surface area (Å²) in [7, 11) is 1.64. The molecule has 7 nitrogen and oxygen atoms in total. The monoisotopic (exact) mass is 354 g/mol. The molecular weight excluding hydrogens is 339 g/mol. The van der Waals surface area contributed by atoms with E-state index in [0.717, 1.165) is 17.6 Å². The van der Waals surface area contributed by atoms with Gasteiger partial charge in [-0.3, -0.25) is 4.68 Å². The third-order valence-corrected chi connectivity index (χ3v) is 3.98. The van der Waals surface area contributed by atoms with Crippen LogP contribution in [0.5, 0.6) is 0 Å². The maximum absolute atomic E-state index is 6.18. The molecule has 0 unspecified atom stereocenters. The Hall–Kier alpha value is -1.83. The second kappa shape index (κ2) is 6.74. The molecule has 122 valence electrons. The van der Waals surface area contributed by atoms with Gasteiger partial charge >= 0.3 is 0 Å². The van der Waals surface area contributed by atoms with E-state index < -0.39 is 0 Å². The van der Waals surface area contributed by atoms with Crippen molar-refractivity contribution >= 4 is 45.9 Å². The van der Waals surface area contributed by atoms with Gasteiger partial charge in [-0.15, -0.1) is 0 Å². The quantitative estimate of drug-likeness (QED) is 0.734. The van der Waals surface area contributed by atoms with Crippen LogP contribution >= 0.6 is 23.2 Å². The molecule has 0 saturated heterocycles. The van der Waals surface area contributed by atoms with Gasteiger partial charge in [-0.1, -0.05) is 23.2 Å². The first kappa shape index (κ1) is 16.0. The van der Waals surface area contributed by atoms with Crippen molar-refractivity contribution in [2.45, 2.75) is 20.0 Å². The Morgan fingerprint density at radius 2 is 2.13 bits per heavy atom. The van der Waals surface area contributed by atoms with Crippen LogP contribution in [0.2, 0.25) is 10.2 Å². The molecule has 0 amide bonds. The lowest BCUT2D eigenvalue weighted by molar-refractivity contribution is 0.183. The second-order valence-electron chi connectivity index (χ2n) is 4.91. The summed E-state index contributed by atoms with van der Waals surface area (Å²) >= 11 is 12.3. The number of rotatable bonds is 6. The molecule has 0 aliphatic heterocycles.